The van der Waals surface area contributed by atoms with Crippen LogP contribution >= 0.6 is 0 Å². The van der Waals surface area contributed by atoms with Crippen LogP contribution in [0.5, 0.6) is 0 Å². The molecule has 164 valence electrons. The van der Waals surface area contributed by atoms with E-state index in [1.54, 1.807) is 20.8 Å². The minimum atomic E-state index is -1.15. The van der Waals surface area contributed by atoms with Crippen LogP contribution in [0.3, 0.4) is 0 Å². The molecule has 9 heteroatoms. The Hall–Kier alpha value is -3.10. The van der Waals surface area contributed by atoms with Crippen molar-refractivity contribution in [2.24, 2.45) is 0 Å². The van der Waals surface area contributed by atoms with Gasteiger partial charge in [-0.05, 0) is 64.8 Å². The molecule has 0 aromatic heterocycles. The predicted molar refractivity (Wildman–Crippen MR) is 110 cm³/mol. The van der Waals surface area contributed by atoms with Crippen LogP contribution in [0.2, 0.25) is 0 Å². The van der Waals surface area contributed by atoms with Crippen molar-refractivity contribution in [3.63, 3.8) is 0 Å². The molecule has 9 nitrogen and oxygen atoms in total. The smallest absolute Gasteiger partial charge is 0.412 e. The Balaban J connectivity index is 1.82. The van der Waals surface area contributed by atoms with Gasteiger partial charge < -0.3 is 14.8 Å². The Labute approximate surface area is 175 Å². The number of imide groups is 1. The van der Waals surface area contributed by atoms with Gasteiger partial charge in [0.05, 0.1) is 5.56 Å². The first kappa shape index (κ1) is 23.2. The number of anilines is 1. The highest BCUT2D eigenvalue weighted by atomic mass is 16.6. The molecule has 1 fully saturated rings. The summed E-state index contributed by atoms with van der Waals surface area (Å²) in [5, 5.41) is 7.47. The van der Waals surface area contributed by atoms with Gasteiger partial charge in [0, 0.05) is 11.7 Å². The number of urea groups is 1. The molecule has 0 aliphatic heterocycles. The van der Waals surface area contributed by atoms with Gasteiger partial charge in [0.2, 0.25) is 0 Å². The molecule has 0 spiro atoms. The molecule has 0 saturated heterocycles. The summed E-state index contributed by atoms with van der Waals surface area (Å²) in [6.45, 7) is 6.64. The molecule has 4 amide bonds. The van der Waals surface area contributed by atoms with Crippen LogP contribution in [0.25, 0.3) is 0 Å². The van der Waals surface area contributed by atoms with Gasteiger partial charge in [-0.2, -0.15) is 0 Å². The highest BCUT2D eigenvalue weighted by Crippen LogP contribution is 2.17. The van der Waals surface area contributed by atoms with Crippen LogP contribution in [0, 0.1) is 0 Å². The molecule has 1 aliphatic carbocycles. The fourth-order valence-electron chi connectivity index (χ4n) is 2.90. The lowest BCUT2D eigenvalue weighted by atomic mass is 10.2. The average Bonchev–Trinajstić information content (AvgIpc) is 3.13. The van der Waals surface area contributed by atoms with E-state index in [4.69, 9.17) is 9.47 Å². The van der Waals surface area contributed by atoms with Gasteiger partial charge in [-0.25, -0.2) is 14.4 Å². The van der Waals surface area contributed by atoms with E-state index in [1.807, 2.05) is 0 Å². The molecule has 30 heavy (non-hydrogen) atoms. The van der Waals surface area contributed by atoms with Crippen LogP contribution in [0.15, 0.2) is 24.3 Å². The second-order valence-corrected chi connectivity index (χ2v) is 8.20. The van der Waals surface area contributed by atoms with E-state index in [-0.39, 0.29) is 11.6 Å². The first-order valence-corrected chi connectivity index (χ1v) is 9.96. The lowest BCUT2D eigenvalue weighted by Crippen LogP contribution is -2.47. The molecule has 1 aliphatic rings. The van der Waals surface area contributed by atoms with Gasteiger partial charge in [-0.3, -0.25) is 15.4 Å². The minimum absolute atomic E-state index is 0.0726. The van der Waals surface area contributed by atoms with Crippen LogP contribution < -0.4 is 16.0 Å². The number of rotatable bonds is 5. The number of hydrogen-bond acceptors (Lipinski definition) is 6. The second kappa shape index (κ2) is 10.1. The van der Waals surface area contributed by atoms with Crippen molar-refractivity contribution in [3.8, 4) is 0 Å². The van der Waals surface area contributed by atoms with Crippen molar-refractivity contribution in [1.29, 1.82) is 0 Å². The standard InChI is InChI=1S/C21H29N3O6/c1-13(17(25)24-19(27)22-15-7-5-6-8-15)29-18(26)14-9-11-16(12-10-14)23-20(28)30-21(2,3)4/h9-13,15H,5-8H2,1-4H3,(H,23,28)(H2,22,24,25,27)/t13-/m1/s1. The van der Waals surface area contributed by atoms with Crippen molar-refractivity contribution in [2.45, 2.75) is 71.1 Å². The summed E-state index contributed by atoms with van der Waals surface area (Å²) in [7, 11) is 0. The number of amides is 4. The van der Waals surface area contributed by atoms with Crippen LogP contribution in [-0.4, -0.2) is 41.7 Å². The van der Waals surface area contributed by atoms with Crippen LogP contribution in [0.4, 0.5) is 15.3 Å². The molecule has 1 aromatic rings. The van der Waals surface area contributed by atoms with Crippen molar-refractivity contribution in [3.05, 3.63) is 29.8 Å². The number of carbonyl (C=O) groups excluding carboxylic acids is 4. The maximum absolute atomic E-state index is 12.2. The third-order valence-electron chi connectivity index (χ3n) is 4.35. The summed E-state index contributed by atoms with van der Waals surface area (Å²) >= 11 is 0. The van der Waals surface area contributed by atoms with E-state index in [0.717, 1.165) is 25.7 Å². The fraction of sp³-hybridized carbons (Fsp3) is 0.524. The summed E-state index contributed by atoms with van der Waals surface area (Å²) in [5.74, 6) is -1.43. The first-order chi connectivity index (χ1) is 14.0. The third kappa shape index (κ3) is 7.73. The van der Waals surface area contributed by atoms with E-state index < -0.39 is 35.7 Å². The lowest BCUT2D eigenvalue weighted by molar-refractivity contribution is -0.127. The summed E-state index contributed by atoms with van der Waals surface area (Å²) in [6.07, 6.45) is 2.14. The van der Waals surface area contributed by atoms with Gasteiger partial charge in [0.1, 0.15) is 5.60 Å². The fourth-order valence-corrected chi connectivity index (χ4v) is 2.90. The van der Waals surface area contributed by atoms with Crippen LogP contribution in [-0.2, 0) is 14.3 Å². The quantitative estimate of drug-likeness (QED) is 0.629. The Bertz CT molecular complexity index is 779. The molecular formula is C21H29N3O6. The maximum Gasteiger partial charge on any atom is 0.412 e. The van der Waals surface area contributed by atoms with Crippen molar-refractivity contribution < 1.29 is 28.7 Å². The van der Waals surface area contributed by atoms with Gasteiger partial charge >= 0.3 is 18.1 Å². The Kier molecular flexibility index (Phi) is 7.79. The van der Waals surface area contributed by atoms with Crippen molar-refractivity contribution in [1.82, 2.24) is 10.6 Å². The number of ether oxygens (including phenoxy) is 2. The normalized spacial score (nSPS) is 15.1. The summed E-state index contributed by atoms with van der Waals surface area (Å²) in [5.41, 5.74) is 0.00779. The summed E-state index contributed by atoms with van der Waals surface area (Å²) < 4.78 is 10.3. The SMILES string of the molecule is C[C@@H](OC(=O)c1ccc(NC(=O)OC(C)(C)C)cc1)C(=O)NC(=O)NC1CCCC1. The van der Waals surface area contributed by atoms with E-state index in [2.05, 4.69) is 16.0 Å². The number of nitrogens with one attached hydrogen (secondary N) is 3. The Morgan fingerprint density at radius 2 is 1.63 bits per heavy atom. The number of esters is 1. The monoisotopic (exact) mass is 419 g/mol. The van der Waals surface area contributed by atoms with E-state index in [0.29, 0.717) is 5.69 Å². The maximum atomic E-state index is 12.2. The zero-order chi connectivity index (χ0) is 22.3. The number of carbonyl (C=O) groups is 4. The molecule has 2 rings (SSSR count). The Morgan fingerprint density at radius 1 is 1.03 bits per heavy atom. The lowest BCUT2D eigenvalue weighted by Gasteiger charge is -2.19. The van der Waals surface area contributed by atoms with Crippen molar-refractivity contribution >= 4 is 29.7 Å². The topological polar surface area (TPSA) is 123 Å². The van der Waals surface area contributed by atoms with Crippen molar-refractivity contribution in [2.75, 3.05) is 5.32 Å². The Morgan fingerprint density at radius 3 is 2.20 bits per heavy atom. The van der Waals surface area contributed by atoms with Gasteiger partial charge in [0.25, 0.3) is 5.91 Å². The zero-order valence-electron chi connectivity index (χ0n) is 17.7. The summed E-state index contributed by atoms with van der Waals surface area (Å²) in [6, 6.07) is 5.41. The molecule has 1 saturated carbocycles. The van der Waals surface area contributed by atoms with Gasteiger partial charge in [-0.15, -0.1) is 0 Å². The van der Waals surface area contributed by atoms with Gasteiger partial charge in [-0.1, -0.05) is 12.8 Å². The minimum Gasteiger partial charge on any atom is -0.449 e. The molecule has 3 N–H and O–H groups in total. The third-order valence-corrected chi connectivity index (χ3v) is 4.35. The van der Waals surface area contributed by atoms with E-state index in [9.17, 15) is 19.2 Å². The average molecular weight is 419 g/mol. The van der Waals surface area contributed by atoms with Crippen LogP contribution in [0.1, 0.15) is 63.7 Å². The largest absolute Gasteiger partial charge is 0.449 e. The number of hydrogen-bond donors (Lipinski definition) is 3. The second-order valence-electron chi connectivity index (χ2n) is 8.20. The highest BCUT2D eigenvalue weighted by Gasteiger charge is 2.23. The van der Waals surface area contributed by atoms with E-state index >= 15 is 0 Å². The molecular weight excluding hydrogens is 390 g/mol. The molecule has 0 bridgehead atoms. The zero-order valence-corrected chi connectivity index (χ0v) is 17.7. The number of benzene rings is 1. The molecule has 0 heterocycles. The summed E-state index contributed by atoms with van der Waals surface area (Å²) in [4.78, 5) is 47.9. The first-order valence-electron chi connectivity index (χ1n) is 9.96. The highest BCUT2D eigenvalue weighted by molar-refractivity contribution is 5.98. The molecule has 1 atom stereocenters. The molecule has 1 aromatic carbocycles. The molecule has 0 unspecified atom stereocenters. The van der Waals surface area contributed by atoms with E-state index in [1.165, 1.54) is 31.2 Å². The predicted octanol–water partition coefficient (Wildman–Crippen LogP) is 3.35. The molecule has 0 radical (unpaired) electrons. The van der Waals surface area contributed by atoms with Gasteiger partial charge in [0.15, 0.2) is 6.10 Å².